The highest BCUT2D eigenvalue weighted by Gasteiger charge is 2.16. The van der Waals surface area contributed by atoms with Gasteiger partial charge in [0.25, 0.3) is 0 Å². The second-order valence-electron chi connectivity index (χ2n) is 5.03. The molecule has 0 N–H and O–H groups in total. The summed E-state index contributed by atoms with van der Waals surface area (Å²) in [4.78, 5) is 0.231. The lowest BCUT2D eigenvalue weighted by Gasteiger charge is -2.12. The van der Waals surface area contributed by atoms with Crippen LogP contribution in [0.1, 0.15) is 0 Å². The Morgan fingerprint density at radius 3 is 2.17 bits per heavy atom. The first-order chi connectivity index (χ1) is 11.3. The molecule has 2 rings (SSSR count). The molecule has 0 bridgehead atoms. The minimum Gasteiger partial charge on any atom is -0.490 e. The first-order valence-corrected chi connectivity index (χ1v) is 10.1. The smallest absolute Gasteiger partial charge is 0.242 e. The van der Waals surface area contributed by atoms with Crippen molar-refractivity contribution in [3.63, 3.8) is 0 Å². The minimum atomic E-state index is -3.42. The maximum Gasteiger partial charge on any atom is 0.242 e. The van der Waals surface area contributed by atoms with E-state index < -0.39 is 10.0 Å². The van der Waals surface area contributed by atoms with Crippen LogP contribution in [0, 0.1) is 0 Å². The Labute approximate surface area is 158 Å². The number of ether oxygens (including phenoxy) is 2. The lowest BCUT2D eigenvalue weighted by Crippen LogP contribution is -2.22. The zero-order valence-electron chi connectivity index (χ0n) is 13.2. The van der Waals surface area contributed by atoms with Gasteiger partial charge in [-0.3, -0.25) is 0 Å². The van der Waals surface area contributed by atoms with Crippen LogP contribution >= 0.6 is 31.9 Å². The Bertz CT molecular complexity index is 792. The fraction of sp³-hybridized carbons (Fsp3) is 0.250. The number of halogens is 2. The first kappa shape index (κ1) is 19.2. The lowest BCUT2D eigenvalue weighted by molar-refractivity contribution is 0.216. The number of rotatable bonds is 7. The molecule has 0 spiro atoms. The van der Waals surface area contributed by atoms with Gasteiger partial charge in [0.2, 0.25) is 10.0 Å². The van der Waals surface area contributed by atoms with E-state index in [1.165, 1.54) is 30.5 Å². The van der Waals surface area contributed by atoms with E-state index in [0.717, 1.165) is 14.7 Å². The van der Waals surface area contributed by atoms with Gasteiger partial charge in [0.1, 0.15) is 24.7 Å². The second kappa shape index (κ2) is 8.33. The van der Waals surface area contributed by atoms with Crippen LogP contribution in [-0.4, -0.2) is 40.0 Å². The Morgan fingerprint density at radius 1 is 0.958 bits per heavy atom. The molecule has 8 heteroatoms. The molecule has 2 aromatic carbocycles. The largest absolute Gasteiger partial charge is 0.490 e. The fourth-order valence-electron chi connectivity index (χ4n) is 1.82. The minimum absolute atomic E-state index is 0.231. The van der Waals surface area contributed by atoms with Gasteiger partial charge < -0.3 is 9.47 Å². The predicted octanol–water partition coefficient (Wildman–Crippen LogP) is 3.92. The molecule has 5 nitrogen and oxygen atoms in total. The van der Waals surface area contributed by atoms with Crippen LogP contribution in [0.5, 0.6) is 11.5 Å². The van der Waals surface area contributed by atoms with E-state index in [-0.39, 0.29) is 4.90 Å². The normalized spacial score (nSPS) is 11.5. The van der Waals surface area contributed by atoms with E-state index in [1.54, 1.807) is 12.1 Å². The first-order valence-electron chi connectivity index (χ1n) is 7.04. The SMILES string of the molecule is CN(C)S(=O)(=O)c1ccc(OCCOc2ccc(Br)cc2Br)cc1. The van der Waals surface area contributed by atoms with E-state index in [1.807, 2.05) is 18.2 Å². The van der Waals surface area contributed by atoms with Crippen molar-refractivity contribution in [3.05, 3.63) is 51.4 Å². The topological polar surface area (TPSA) is 55.8 Å². The summed E-state index contributed by atoms with van der Waals surface area (Å²) in [5.41, 5.74) is 0. The second-order valence-corrected chi connectivity index (χ2v) is 8.95. The van der Waals surface area contributed by atoms with E-state index >= 15 is 0 Å². The quantitative estimate of drug-likeness (QED) is 0.566. The Hall–Kier alpha value is -1.09. The average Bonchev–Trinajstić information content (AvgIpc) is 2.53. The van der Waals surface area contributed by atoms with Crippen molar-refractivity contribution in [1.29, 1.82) is 0 Å². The van der Waals surface area contributed by atoms with Crippen molar-refractivity contribution in [1.82, 2.24) is 4.31 Å². The van der Waals surface area contributed by atoms with Gasteiger partial charge >= 0.3 is 0 Å². The van der Waals surface area contributed by atoms with Crippen LogP contribution in [0.2, 0.25) is 0 Å². The summed E-state index contributed by atoms with van der Waals surface area (Å²) in [5, 5.41) is 0. The van der Waals surface area contributed by atoms with Gasteiger partial charge in [0.05, 0.1) is 9.37 Å². The molecule has 0 aliphatic heterocycles. The van der Waals surface area contributed by atoms with Crippen molar-refractivity contribution >= 4 is 41.9 Å². The van der Waals surface area contributed by atoms with E-state index in [2.05, 4.69) is 31.9 Å². The van der Waals surface area contributed by atoms with Crippen molar-refractivity contribution in [2.75, 3.05) is 27.3 Å². The van der Waals surface area contributed by atoms with Crippen LogP contribution in [0.3, 0.4) is 0 Å². The molecule has 0 radical (unpaired) electrons. The molecule has 0 fully saturated rings. The van der Waals surface area contributed by atoms with Crippen LogP contribution in [0.4, 0.5) is 0 Å². The molecule has 0 amide bonds. The van der Waals surface area contributed by atoms with Crippen molar-refractivity contribution < 1.29 is 17.9 Å². The van der Waals surface area contributed by atoms with Gasteiger partial charge in [0.15, 0.2) is 0 Å². The van der Waals surface area contributed by atoms with E-state index in [4.69, 9.17) is 9.47 Å². The third-order valence-corrected chi connectivity index (χ3v) is 6.05. The third kappa shape index (κ3) is 4.95. The van der Waals surface area contributed by atoms with Gasteiger partial charge in [-0.1, -0.05) is 15.9 Å². The number of benzene rings is 2. The van der Waals surface area contributed by atoms with Gasteiger partial charge in [-0.05, 0) is 58.4 Å². The standard InChI is InChI=1S/C16H17Br2NO4S/c1-19(2)24(20,21)14-6-4-13(5-7-14)22-9-10-23-16-8-3-12(17)11-15(16)18/h3-8,11H,9-10H2,1-2H3. The third-order valence-electron chi connectivity index (χ3n) is 3.11. The summed E-state index contributed by atoms with van der Waals surface area (Å²) >= 11 is 6.81. The molecule has 0 saturated heterocycles. The van der Waals surface area contributed by atoms with E-state index in [0.29, 0.717) is 19.0 Å². The molecule has 0 saturated carbocycles. The Balaban J connectivity index is 1.87. The van der Waals surface area contributed by atoms with Gasteiger partial charge in [0, 0.05) is 18.6 Å². The number of hydrogen-bond acceptors (Lipinski definition) is 4. The van der Waals surface area contributed by atoms with Gasteiger partial charge in [-0.25, -0.2) is 12.7 Å². The zero-order chi connectivity index (χ0) is 17.7. The number of sulfonamides is 1. The maximum absolute atomic E-state index is 12.0. The monoisotopic (exact) mass is 477 g/mol. The van der Waals surface area contributed by atoms with Gasteiger partial charge in [-0.2, -0.15) is 0 Å². The highest BCUT2D eigenvalue weighted by Crippen LogP contribution is 2.28. The Kier molecular flexibility index (Phi) is 6.68. The highest BCUT2D eigenvalue weighted by molar-refractivity contribution is 9.11. The molecular formula is C16H17Br2NO4S. The molecule has 0 heterocycles. The maximum atomic E-state index is 12.0. The molecule has 130 valence electrons. The van der Waals surface area contributed by atoms with E-state index in [9.17, 15) is 8.42 Å². The zero-order valence-corrected chi connectivity index (χ0v) is 17.2. The fourth-order valence-corrected chi connectivity index (χ4v) is 3.89. The van der Waals surface area contributed by atoms with Crippen LogP contribution in [0.25, 0.3) is 0 Å². The molecular weight excluding hydrogens is 462 g/mol. The predicted molar refractivity (Wildman–Crippen MR) is 100 cm³/mol. The summed E-state index contributed by atoms with van der Waals surface area (Å²) in [6.45, 7) is 0.722. The summed E-state index contributed by atoms with van der Waals surface area (Å²) in [7, 11) is -0.424. The van der Waals surface area contributed by atoms with Crippen LogP contribution < -0.4 is 9.47 Å². The summed E-state index contributed by atoms with van der Waals surface area (Å²) < 4.78 is 38.1. The summed E-state index contributed by atoms with van der Waals surface area (Å²) in [6.07, 6.45) is 0. The lowest BCUT2D eigenvalue weighted by atomic mass is 10.3. The van der Waals surface area contributed by atoms with Crippen LogP contribution in [0.15, 0.2) is 56.3 Å². The number of hydrogen-bond donors (Lipinski definition) is 0. The highest BCUT2D eigenvalue weighted by atomic mass is 79.9. The molecule has 0 unspecified atom stereocenters. The molecule has 24 heavy (non-hydrogen) atoms. The number of nitrogens with zero attached hydrogens (tertiary/aromatic N) is 1. The van der Waals surface area contributed by atoms with Gasteiger partial charge in [-0.15, -0.1) is 0 Å². The molecule has 0 atom stereocenters. The molecule has 0 aliphatic rings. The van der Waals surface area contributed by atoms with Crippen LogP contribution in [-0.2, 0) is 10.0 Å². The van der Waals surface area contributed by atoms with Crippen molar-refractivity contribution in [2.24, 2.45) is 0 Å². The Morgan fingerprint density at radius 2 is 1.58 bits per heavy atom. The molecule has 0 aliphatic carbocycles. The molecule has 2 aromatic rings. The summed E-state index contributed by atoms with van der Waals surface area (Å²) in [6, 6.07) is 12.0. The molecule has 0 aromatic heterocycles. The summed E-state index contributed by atoms with van der Waals surface area (Å²) in [5.74, 6) is 1.32. The van der Waals surface area contributed by atoms with Crippen molar-refractivity contribution in [3.8, 4) is 11.5 Å². The average molecular weight is 479 g/mol. The van der Waals surface area contributed by atoms with Crippen molar-refractivity contribution in [2.45, 2.75) is 4.90 Å².